The summed E-state index contributed by atoms with van der Waals surface area (Å²) in [6.07, 6.45) is 1.50. The lowest BCUT2D eigenvalue weighted by atomic mass is 10.0. The van der Waals surface area contributed by atoms with Crippen LogP contribution in [0.1, 0.15) is 29.6 Å². The van der Waals surface area contributed by atoms with Crippen molar-refractivity contribution < 1.29 is 19.5 Å². The molecule has 0 bridgehead atoms. The molecule has 1 aliphatic carbocycles. The van der Waals surface area contributed by atoms with E-state index in [4.69, 9.17) is 10.8 Å². The van der Waals surface area contributed by atoms with Gasteiger partial charge in [0.2, 0.25) is 11.8 Å². The molecule has 2 atom stereocenters. The maximum Gasteiger partial charge on any atom is 0.306 e. The Kier molecular flexibility index (Phi) is 4.02. The number of nitrogens with two attached hydrogens (primary N) is 1. The van der Waals surface area contributed by atoms with Crippen LogP contribution >= 0.6 is 0 Å². The second-order valence-corrected chi connectivity index (χ2v) is 4.98. The molecule has 2 amide bonds. The summed E-state index contributed by atoms with van der Waals surface area (Å²) < 4.78 is 0. The van der Waals surface area contributed by atoms with Gasteiger partial charge in [-0.05, 0) is 43.5 Å². The van der Waals surface area contributed by atoms with Gasteiger partial charge < -0.3 is 16.2 Å². The van der Waals surface area contributed by atoms with Crippen molar-refractivity contribution in [2.45, 2.75) is 19.3 Å². The van der Waals surface area contributed by atoms with E-state index in [-0.39, 0.29) is 11.8 Å². The van der Waals surface area contributed by atoms with Gasteiger partial charge in [0.15, 0.2) is 0 Å². The predicted molar refractivity (Wildman–Crippen MR) is 72.1 cm³/mol. The zero-order valence-electron chi connectivity index (χ0n) is 10.8. The highest BCUT2D eigenvalue weighted by atomic mass is 16.4. The van der Waals surface area contributed by atoms with Crippen LogP contribution in [0.5, 0.6) is 0 Å². The van der Waals surface area contributed by atoms with Crippen molar-refractivity contribution >= 4 is 23.5 Å². The Bertz CT molecular complexity index is 539. The van der Waals surface area contributed by atoms with Crippen LogP contribution in [-0.2, 0) is 9.59 Å². The van der Waals surface area contributed by atoms with Gasteiger partial charge in [-0.2, -0.15) is 0 Å². The number of rotatable bonds is 4. The van der Waals surface area contributed by atoms with Crippen molar-refractivity contribution in [2.75, 3.05) is 5.32 Å². The van der Waals surface area contributed by atoms with Gasteiger partial charge >= 0.3 is 5.97 Å². The summed E-state index contributed by atoms with van der Waals surface area (Å²) in [7, 11) is 0. The molecule has 106 valence electrons. The molecule has 1 aromatic carbocycles. The normalized spacial score (nSPS) is 21.4. The number of carbonyl (C=O) groups is 3. The Morgan fingerprint density at radius 1 is 1.10 bits per heavy atom. The zero-order valence-corrected chi connectivity index (χ0v) is 10.8. The summed E-state index contributed by atoms with van der Waals surface area (Å²) in [5.41, 5.74) is 6.06. The Morgan fingerprint density at radius 3 is 2.20 bits per heavy atom. The van der Waals surface area contributed by atoms with Crippen LogP contribution in [0.4, 0.5) is 5.69 Å². The minimum Gasteiger partial charge on any atom is -0.481 e. The van der Waals surface area contributed by atoms with Crippen LogP contribution in [0.2, 0.25) is 0 Å². The van der Waals surface area contributed by atoms with E-state index >= 15 is 0 Å². The van der Waals surface area contributed by atoms with Crippen LogP contribution < -0.4 is 11.1 Å². The molecular formula is C14H16N2O4. The molecule has 6 heteroatoms. The molecule has 0 saturated heterocycles. The second kappa shape index (κ2) is 5.73. The minimum absolute atomic E-state index is 0.180. The van der Waals surface area contributed by atoms with Crippen molar-refractivity contribution in [3.05, 3.63) is 29.8 Å². The summed E-state index contributed by atoms with van der Waals surface area (Å²) in [5.74, 6) is -2.25. The van der Waals surface area contributed by atoms with Crippen molar-refractivity contribution in [2.24, 2.45) is 17.6 Å². The SMILES string of the molecule is NC(=O)c1ccc(NC(=O)C2CCC(C(=O)O)C2)cc1. The molecule has 2 unspecified atom stereocenters. The van der Waals surface area contributed by atoms with Gasteiger partial charge in [0.25, 0.3) is 0 Å². The fourth-order valence-electron chi connectivity index (χ4n) is 2.41. The zero-order chi connectivity index (χ0) is 14.7. The van der Waals surface area contributed by atoms with Crippen LogP contribution in [0, 0.1) is 11.8 Å². The number of amides is 2. The first-order chi connectivity index (χ1) is 9.47. The van der Waals surface area contributed by atoms with E-state index in [1.165, 1.54) is 12.1 Å². The molecule has 0 aliphatic heterocycles. The number of anilines is 1. The second-order valence-electron chi connectivity index (χ2n) is 4.98. The average molecular weight is 276 g/mol. The summed E-state index contributed by atoms with van der Waals surface area (Å²) in [6, 6.07) is 6.27. The summed E-state index contributed by atoms with van der Waals surface area (Å²) >= 11 is 0. The monoisotopic (exact) mass is 276 g/mol. The maximum absolute atomic E-state index is 12.0. The van der Waals surface area contributed by atoms with E-state index in [1.807, 2.05) is 0 Å². The molecule has 1 aromatic rings. The quantitative estimate of drug-likeness (QED) is 0.768. The van der Waals surface area contributed by atoms with Crippen molar-refractivity contribution in [1.82, 2.24) is 0 Å². The lowest BCUT2D eigenvalue weighted by Crippen LogP contribution is -2.21. The third kappa shape index (κ3) is 3.14. The number of benzene rings is 1. The fourth-order valence-corrected chi connectivity index (χ4v) is 2.41. The van der Waals surface area contributed by atoms with Gasteiger partial charge in [-0.15, -0.1) is 0 Å². The molecule has 0 spiro atoms. The first-order valence-corrected chi connectivity index (χ1v) is 6.41. The Balaban J connectivity index is 1.95. The van der Waals surface area contributed by atoms with Gasteiger partial charge in [0, 0.05) is 17.2 Å². The Labute approximate surface area is 116 Å². The molecule has 1 aliphatic rings. The molecule has 0 radical (unpaired) electrons. The van der Waals surface area contributed by atoms with Gasteiger partial charge in [0.05, 0.1) is 5.92 Å². The smallest absolute Gasteiger partial charge is 0.306 e. The topological polar surface area (TPSA) is 109 Å². The Morgan fingerprint density at radius 2 is 1.70 bits per heavy atom. The molecule has 0 heterocycles. The molecule has 2 rings (SSSR count). The lowest BCUT2D eigenvalue weighted by Gasteiger charge is -2.11. The number of aliphatic carboxylic acids is 1. The summed E-state index contributed by atoms with van der Waals surface area (Å²) in [5, 5.41) is 11.6. The number of carboxylic acid groups (broad SMARTS) is 1. The first-order valence-electron chi connectivity index (χ1n) is 6.41. The molecule has 1 fully saturated rings. The standard InChI is InChI=1S/C14H16N2O4/c15-12(17)8-3-5-11(6-4-8)16-13(18)9-1-2-10(7-9)14(19)20/h3-6,9-10H,1-2,7H2,(H2,15,17)(H,16,18)(H,19,20). The van der Waals surface area contributed by atoms with Crippen LogP contribution in [-0.4, -0.2) is 22.9 Å². The fraction of sp³-hybridized carbons (Fsp3) is 0.357. The molecule has 1 saturated carbocycles. The van der Waals surface area contributed by atoms with Crippen molar-refractivity contribution in [3.63, 3.8) is 0 Å². The van der Waals surface area contributed by atoms with Gasteiger partial charge in [-0.1, -0.05) is 0 Å². The number of carboxylic acids is 1. The number of primary amides is 1. The highest BCUT2D eigenvalue weighted by Crippen LogP contribution is 2.31. The third-order valence-corrected chi connectivity index (χ3v) is 3.59. The van der Waals surface area contributed by atoms with Crippen molar-refractivity contribution in [1.29, 1.82) is 0 Å². The predicted octanol–water partition coefficient (Wildman–Crippen LogP) is 1.22. The largest absolute Gasteiger partial charge is 0.481 e. The third-order valence-electron chi connectivity index (χ3n) is 3.59. The average Bonchev–Trinajstić information content (AvgIpc) is 2.89. The van der Waals surface area contributed by atoms with Crippen LogP contribution in [0.3, 0.4) is 0 Å². The highest BCUT2D eigenvalue weighted by Gasteiger charge is 2.33. The molecule has 4 N–H and O–H groups in total. The van der Waals surface area contributed by atoms with Crippen LogP contribution in [0.15, 0.2) is 24.3 Å². The van der Waals surface area contributed by atoms with E-state index in [9.17, 15) is 14.4 Å². The minimum atomic E-state index is -0.842. The van der Waals surface area contributed by atoms with Crippen molar-refractivity contribution in [3.8, 4) is 0 Å². The first kappa shape index (κ1) is 14.0. The summed E-state index contributed by atoms with van der Waals surface area (Å²) in [4.78, 5) is 33.8. The molecule has 0 aromatic heterocycles. The van der Waals surface area contributed by atoms with E-state index in [2.05, 4.69) is 5.32 Å². The highest BCUT2D eigenvalue weighted by molar-refractivity contribution is 5.95. The van der Waals surface area contributed by atoms with E-state index in [0.29, 0.717) is 30.5 Å². The van der Waals surface area contributed by atoms with Gasteiger partial charge in [-0.3, -0.25) is 14.4 Å². The van der Waals surface area contributed by atoms with E-state index in [0.717, 1.165) is 0 Å². The van der Waals surface area contributed by atoms with Gasteiger partial charge in [0.1, 0.15) is 0 Å². The number of hydrogen-bond donors (Lipinski definition) is 3. The lowest BCUT2D eigenvalue weighted by molar-refractivity contribution is -0.141. The summed E-state index contributed by atoms with van der Waals surface area (Å²) in [6.45, 7) is 0. The Hall–Kier alpha value is -2.37. The molecular weight excluding hydrogens is 260 g/mol. The van der Waals surface area contributed by atoms with E-state index in [1.54, 1.807) is 12.1 Å². The number of hydrogen-bond acceptors (Lipinski definition) is 3. The van der Waals surface area contributed by atoms with Gasteiger partial charge in [-0.25, -0.2) is 0 Å². The number of carbonyl (C=O) groups excluding carboxylic acids is 2. The number of nitrogens with one attached hydrogen (secondary N) is 1. The molecule has 20 heavy (non-hydrogen) atoms. The van der Waals surface area contributed by atoms with E-state index < -0.39 is 17.8 Å². The van der Waals surface area contributed by atoms with Crippen LogP contribution in [0.25, 0.3) is 0 Å². The molecule has 6 nitrogen and oxygen atoms in total. The maximum atomic E-state index is 12.0.